The number of rotatable bonds is 5. The smallest absolute Gasteiger partial charge is 0.0746 e. The van der Waals surface area contributed by atoms with Gasteiger partial charge in [-0.05, 0) is 30.7 Å². The summed E-state index contributed by atoms with van der Waals surface area (Å²) in [5, 5.41) is 10.5. The molecule has 0 radical (unpaired) electrons. The molecule has 0 amide bonds. The summed E-state index contributed by atoms with van der Waals surface area (Å²) in [6.07, 6.45) is 4.63. The van der Waals surface area contributed by atoms with E-state index in [1.807, 2.05) is 0 Å². The Labute approximate surface area is 107 Å². The largest absolute Gasteiger partial charge is 0.391 e. The van der Waals surface area contributed by atoms with Crippen LogP contribution in [0.5, 0.6) is 0 Å². The molecule has 0 aromatic carbocycles. The summed E-state index contributed by atoms with van der Waals surface area (Å²) < 4.78 is 0. The molecular weight excluding hydrogens is 210 g/mol. The van der Waals surface area contributed by atoms with Gasteiger partial charge in [0.1, 0.15) is 0 Å². The fourth-order valence-corrected chi connectivity index (χ4v) is 3.00. The van der Waals surface area contributed by atoms with Crippen molar-refractivity contribution in [2.75, 3.05) is 13.1 Å². The van der Waals surface area contributed by atoms with Crippen molar-refractivity contribution in [3.63, 3.8) is 0 Å². The quantitative estimate of drug-likeness (QED) is 0.798. The van der Waals surface area contributed by atoms with E-state index in [1.165, 1.54) is 12.8 Å². The molecule has 3 atom stereocenters. The van der Waals surface area contributed by atoms with E-state index >= 15 is 0 Å². The lowest BCUT2D eigenvalue weighted by molar-refractivity contribution is -0.0590. The van der Waals surface area contributed by atoms with Crippen LogP contribution in [0.1, 0.15) is 60.3 Å². The van der Waals surface area contributed by atoms with Crippen LogP contribution in [0.15, 0.2) is 0 Å². The van der Waals surface area contributed by atoms with Crippen LogP contribution in [0.2, 0.25) is 0 Å². The van der Waals surface area contributed by atoms with Gasteiger partial charge in [0.15, 0.2) is 0 Å². The van der Waals surface area contributed by atoms with Crippen LogP contribution < -0.4 is 0 Å². The van der Waals surface area contributed by atoms with Gasteiger partial charge in [-0.15, -0.1) is 0 Å². The van der Waals surface area contributed by atoms with E-state index in [9.17, 15) is 5.11 Å². The number of likely N-dealkylation sites (N-methyl/N-ethyl adjacent to an activating group) is 1. The van der Waals surface area contributed by atoms with Gasteiger partial charge < -0.3 is 5.11 Å². The van der Waals surface area contributed by atoms with Gasteiger partial charge in [-0.3, -0.25) is 4.90 Å². The number of aliphatic hydroxyl groups is 1. The minimum Gasteiger partial charge on any atom is -0.391 e. The Bertz CT molecular complexity index is 227. The molecule has 2 heteroatoms. The van der Waals surface area contributed by atoms with Gasteiger partial charge in [-0.1, -0.05) is 47.5 Å². The van der Waals surface area contributed by atoms with Crippen LogP contribution in [0, 0.1) is 11.3 Å². The lowest BCUT2D eigenvalue weighted by atomic mass is 9.72. The van der Waals surface area contributed by atoms with Gasteiger partial charge in [-0.25, -0.2) is 0 Å². The highest BCUT2D eigenvalue weighted by atomic mass is 16.3. The third-order valence-electron chi connectivity index (χ3n) is 4.60. The molecule has 3 unspecified atom stereocenters. The second kappa shape index (κ2) is 6.19. The summed E-state index contributed by atoms with van der Waals surface area (Å²) in [7, 11) is 0. The summed E-state index contributed by atoms with van der Waals surface area (Å²) in [6.45, 7) is 13.4. The number of hydrogen-bond donors (Lipinski definition) is 1. The average molecular weight is 241 g/mol. The second-order valence-electron chi connectivity index (χ2n) is 6.49. The first kappa shape index (κ1) is 15.0. The Hall–Kier alpha value is -0.0800. The Balaban J connectivity index is 2.67. The Morgan fingerprint density at radius 3 is 2.53 bits per heavy atom. The van der Waals surface area contributed by atoms with Gasteiger partial charge in [0.05, 0.1) is 6.10 Å². The highest BCUT2D eigenvalue weighted by molar-refractivity contribution is 4.93. The van der Waals surface area contributed by atoms with Crippen molar-refractivity contribution in [3.05, 3.63) is 0 Å². The van der Waals surface area contributed by atoms with E-state index in [2.05, 4.69) is 39.5 Å². The number of nitrogens with zero attached hydrogens (tertiary/aromatic N) is 1. The van der Waals surface area contributed by atoms with Gasteiger partial charge in [0.25, 0.3) is 0 Å². The van der Waals surface area contributed by atoms with Gasteiger partial charge in [-0.2, -0.15) is 0 Å². The molecular formula is C15H31NO. The van der Waals surface area contributed by atoms with Crippen molar-refractivity contribution in [1.29, 1.82) is 0 Å². The molecule has 102 valence electrons. The molecule has 0 spiro atoms. The van der Waals surface area contributed by atoms with Gasteiger partial charge in [0, 0.05) is 12.6 Å². The Morgan fingerprint density at radius 1 is 1.35 bits per heavy atom. The first-order chi connectivity index (χ1) is 7.92. The summed E-state index contributed by atoms with van der Waals surface area (Å²) in [5.74, 6) is 0.729. The average Bonchev–Trinajstić information content (AvgIpc) is 2.29. The molecule has 1 fully saturated rings. The molecule has 0 aromatic rings. The zero-order valence-corrected chi connectivity index (χ0v) is 12.4. The topological polar surface area (TPSA) is 23.5 Å². The van der Waals surface area contributed by atoms with Crippen molar-refractivity contribution >= 4 is 0 Å². The molecule has 0 saturated heterocycles. The number of aliphatic hydroxyl groups excluding tert-OH is 1. The predicted molar refractivity (Wildman–Crippen MR) is 74.1 cm³/mol. The fourth-order valence-electron chi connectivity index (χ4n) is 3.00. The Kier molecular flexibility index (Phi) is 5.46. The lowest BCUT2D eigenvalue weighted by Gasteiger charge is -2.46. The van der Waals surface area contributed by atoms with E-state index in [0.29, 0.717) is 6.04 Å². The normalized spacial score (nSPS) is 30.5. The van der Waals surface area contributed by atoms with Crippen LogP contribution in [-0.2, 0) is 0 Å². The lowest BCUT2D eigenvalue weighted by Crippen LogP contribution is -2.53. The maximum atomic E-state index is 10.5. The van der Waals surface area contributed by atoms with Crippen molar-refractivity contribution < 1.29 is 5.11 Å². The SMILES string of the molecule is CCC(C)CN(CC)C1CCCC(C)(C)C1O. The third-order valence-corrected chi connectivity index (χ3v) is 4.60. The van der Waals surface area contributed by atoms with E-state index < -0.39 is 0 Å². The van der Waals surface area contributed by atoms with Crippen LogP contribution >= 0.6 is 0 Å². The maximum Gasteiger partial charge on any atom is 0.0746 e. The molecule has 0 bridgehead atoms. The van der Waals surface area contributed by atoms with Crippen LogP contribution in [0.3, 0.4) is 0 Å². The van der Waals surface area contributed by atoms with Crippen LogP contribution in [0.25, 0.3) is 0 Å². The highest BCUT2D eigenvalue weighted by Gasteiger charge is 2.40. The standard InChI is InChI=1S/C15H31NO/c1-6-12(3)11-16(7-2)13-9-8-10-15(4,5)14(13)17/h12-14,17H,6-11H2,1-5H3. The van der Waals surface area contributed by atoms with Crippen molar-refractivity contribution in [2.24, 2.45) is 11.3 Å². The molecule has 1 aliphatic rings. The molecule has 0 aromatic heterocycles. The predicted octanol–water partition coefficient (Wildman–Crippen LogP) is 3.29. The summed E-state index contributed by atoms with van der Waals surface area (Å²) in [5.41, 5.74) is 0.0891. The molecule has 1 rings (SSSR count). The van der Waals surface area contributed by atoms with E-state index in [1.54, 1.807) is 0 Å². The molecule has 17 heavy (non-hydrogen) atoms. The molecule has 1 N–H and O–H groups in total. The van der Waals surface area contributed by atoms with Gasteiger partial charge >= 0.3 is 0 Å². The van der Waals surface area contributed by atoms with Crippen LogP contribution in [0.4, 0.5) is 0 Å². The number of hydrogen-bond acceptors (Lipinski definition) is 2. The fraction of sp³-hybridized carbons (Fsp3) is 1.00. The molecule has 1 aliphatic carbocycles. The molecule has 1 saturated carbocycles. The van der Waals surface area contributed by atoms with E-state index in [-0.39, 0.29) is 11.5 Å². The first-order valence-electron chi connectivity index (χ1n) is 7.34. The Morgan fingerprint density at radius 2 is 2.00 bits per heavy atom. The summed E-state index contributed by atoms with van der Waals surface area (Å²) in [4.78, 5) is 2.50. The molecule has 0 heterocycles. The van der Waals surface area contributed by atoms with Crippen molar-refractivity contribution in [3.8, 4) is 0 Å². The zero-order chi connectivity index (χ0) is 13.1. The van der Waals surface area contributed by atoms with Crippen LogP contribution in [-0.4, -0.2) is 35.2 Å². The van der Waals surface area contributed by atoms with E-state index in [0.717, 1.165) is 31.8 Å². The highest BCUT2D eigenvalue weighted by Crippen LogP contribution is 2.37. The summed E-state index contributed by atoms with van der Waals surface area (Å²) >= 11 is 0. The third kappa shape index (κ3) is 3.69. The minimum absolute atomic E-state index is 0.0891. The zero-order valence-electron chi connectivity index (χ0n) is 12.4. The van der Waals surface area contributed by atoms with Gasteiger partial charge in [0.2, 0.25) is 0 Å². The monoisotopic (exact) mass is 241 g/mol. The summed E-state index contributed by atoms with van der Waals surface area (Å²) in [6, 6.07) is 0.373. The van der Waals surface area contributed by atoms with Crippen molar-refractivity contribution in [1.82, 2.24) is 4.90 Å². The van der Waals surface area contributed by atoms with Crippen molar-refractivity contribution in [2.45, 2.75) is 72.4 Å². The minimum atomic E-state index is -0.166. The maximum absolute atomic E-state index is 10.5. The molecule has 0 aliphatic heterocycles. The second-order valence-corrected chi connectivity index (χ2v) is 6.49. The first-order valence-corrected chi connectivity index (χ1v) is 7.34. The molecule has 2 nitrogen and oxygen atoms in total. The van der Waals surface area contributed by atoms with E-state index in [4.69, 9.17) is 0 Å².